The van der Waals surface area contributed by atoms with Crippen LogP contribution in [0.4, 0.5) is 0 Å². The maximum Gasteiger partial charge on any atom is 0.157 e. The standard InChI is InChI=1S/C14H26N2S/c1-5-14(6-2)10-17-12(16-14)15-11-8-7-9-13(11,3)4/h11H,5-10H2,1-4H3,(H,15,16). The molecule has 1 unspecified atom stereocenters. The molecule has 2 rings (SSSR count). The third-order valence-corrected chi connectivity index (χ3v) is 5.86. The van der Waals surface area contributed by atoms with Crippen LogP contribution in [0, 0.1) is 5.41 Å². The summed E-state index contributed by atoms with van der Waals surface area (Å²) in [5.74, 6) is 1.19. The van der Waals surface area contributed by atoms with Gasteiger partial charge in [0.25, 0.3) is 0 Å². The van der Waals surface area contributed by atoms with Gasteiger partial charge in [0.2, 0.25) is 0 Å². The molecule has 17 heavy (non-hydrogen) atoms. The van der Waals surface area contributed by atoms with E-state index in [1.807, 2.05) is 11.8 Å². The number of aliphatic imine (C=N–C) groups is 1. The van der Waals surface area contributed by atoms with Crippen molar-refractivity contribution < 1.29 is 0 Å². The third kappa shape index (κ3) is 2.64. The Kier molecular flexibility index (Phi) is 3.77. The van der Waals surface area contributed by atoms with E-state index in [0.717, 1.165) is 0 Å². The van der Waals surface area contributed by atoms with Crippen LogP contribution in [-0.2, 0) is 0 Å². The zero-order valence-corrected chi connectivity index (χ0v) is 12.5. The van der Waals surface area contributed by atoms with E-state index >= 15 is 0 Å². The minimum Gasteiger partial charge on any atom is -0.359 e. The van der Waals surface area contributed by atoms with Crippen LogP contribution in [0.15, 0.2) is 4.99 Å². The predicted octanol–water partition coefficient (Wildman–Crippen LogP) is 3.82. The second kappa shape index (κ2) is 4.83. The molecule has 1 aliphatic heterocycles. The Morgan fingerprint density at radius 2 is 2.06 bits per heavy atom. The highest BCUT2D eigenvalue weighted by atomic mass is 32.2. The van der Waals surface area contributed by atoms with Gasteiger partial charge in [-0.25, -0.2) is 0 Å². The minimum absolute atomic E-state index is 0.312. The average molecular weight is 254 g/mol. The van der Waals surface area contributed by atoms with Crippen molar-refractivity contribution in [2.75, 3.05) is 5.75 Å². The zero-order chi connectivity index (χ0) is 12.5. The van der Waals surface area contributed by atoms with Gasteiger partial charge in [-0.1, -0.05) is 45.9 Å². The van der Waals surface area contributed by atoms with E-state index in [1.54, 1.807) is 0 Å². The molecule has 1 atom stereocenters. The van der Waals surface area contributed by atoms with Crippen molar-refractivity contribution in [2.45, 2.75) is 71.4 Å². The first kappa shape index (κ1) is 13.3. The van der Waals surface area contributed by atoms with Gasteiger partial charge in [-0.05, 0) is 31.1 Å². The number of hydrogen-bond donors (Lipinski definition) is 1. The summed E-state index contributed by atoms with van der Waals surface area (Å²) in [5, 5.41) is 4.88. The van der Waals surface area contributed by atoms with Crippen LogP contribution in [0.2, 0.25) is 0 Å². The smallest absolute Gasteiger partial charge is 0.157 e. The summed E-state index contributed by atoms with van der Waals surface area (Å²) in [5.41, 5.74) is 0.713. The maximum atomic E-state index is 4.99. The van der Waals surface area contributed by atoms with Crippen LogP contribution < -0.4 is 5.32 Å². The third-order valence-electron chi connectivity index (χ3n) is 4.68. The molecule has 0 radical (unpaired) electrons. The maximum absolute atomic E-state index is 4.99. The summed E-state index contributed by atoms with van der Waals surface area (Å²) in [6.45, 7) is 9.28. The van der Waals surface area contributed by atoms with Gasteiger partial charge in [-0.15, -0.1) is 0 Å². The molecule has 1 heterocycles. The van der Waals surface area contributed by atoms with Crippen molar-refractivity contribution >= 4 is 16.9 Å². The first-order chi connectivity index (χ1) is 8.01. The van der Waals surface area contributed by atoms with Crippen molar-refractivity contribution in [3.8, 4) is 0 Å². The fraction of sp³-hybridized carbons (Fsp3) is 0.929. The molecular weight excluding hydrogens is 228 g/mol. The highest BCUT2D eigenvalue weighted by molar-refractivity contribution is 8.14. The number of nitrogens with one attached hydrogen (secondary N) is 1. The SMILES string of the molecule is CCC1(CC)CSC(=NC2CCCC2(C)C)N1. The molecule has 2 aliphatic rings. The highest BCUT2D eigenvalue weighted by Gasteiger charge is 2.38. The molecule has 1 N–H and O–H groups in total. The molecule has 0 amide bonds. The Balaban J connectivity index is 2.05. The molecule has 98 valence electrons. The van der Waals surface area contributed by atoms with Crippen LogP contribution in [0.5, 0.6) is 0 Å². The van der Waals surface area contributed by atoms with Crippen LogP contribution >= 0.6 is 11.8 Å². The molecule has 1 saturated heterocycles. The zero-order valence-electron chi connectivity index (χ0n) is 11.7. The van der Waals surface area contributed by atoms with E-state index in [0.29, 0.717) is 17.0 Å². The lowest BCUT2D eigenvalue weighted by Crippen LogP contribution is -2.42. The Hall–Kier alpha value is -0.180. The second-order valence-corrected chi connectivity index (χ2v) is 7.20. The fourth-order valence-electron chi connectivity index (χ4n) is 2.90. The van der Waals surface area contributed by atoms with Gasteiger partial charge in [0, 0.05) is 11.3 Å². The second-order valence-electron chi connectivity index (χ2n) is 6.23. The summed E-state index contributed by atoms with van der Waals surface area (Å²) >= 11 is 1.92. The van der Waals surface area contributed by atoms with Gasteiger partial charge in [-0.2, -0.15) is 0 Å². The average Bonchev–Trinajstić information content (AvgIpc) is 2.85. The molecule has 0 spiro atoms. The molecule has 0 bridgehead atoms. The van der Waals surface area contributed by atoms with E-state index in [2.05, 4.69) is 33.0 Å². The molecular formula is C14H26N2S. The number of hydrogen-bond acceptors (Lipinski definition) is 2. The summed E-state index contributed by atoms with van der Waals surface area (Å²) in [6, 6.07) is 0.530. The van der Waals surface area contributed by atoms with Gasteiger partial charge < -0.3 is 5.32 Å². The molecule has 0 aromatic carbocycles. The Morgan fingerprint density at radius 3 is 2.53 bits per heavy atom. The summed E-state index contributed by atoms with van der Waals surface area (Å²) in [4.78, 5) is 4.99. The van der Waals surface area contributed by atoms with Crippen molar-refractivity contribution in [2.24, 2.45) is 10.4 Å². The molecule has 0 aromatic rings. The minimum atomic E-state index is 0.312. The van der Waals surface area contributed by atoms with Crippen molar-refractivity contribution in [1.29, 1.82) is 0 Å². The number of nitrogens with zero attached hydrogens (tertiary/aromatic N) is 1. The van der Waals surface area contributed by atoms with E-state index in [-0.39, 0.29) is 0 Å². The predicted molar refractivity (Wildman–Crippen MR) is 77.8 cm³/mol. The topological polar surface area (TPSA) is 24.4 Å². The van der Waals surface area contributed by atoms with Gasteiger partial charge in [0.15, 0.2) is 5.17 Å². The summed E-state index contributed by atoms with van der Waals surface area (Å²) in [7, 11) is 0. The van der Waals surface area contributed by atoms with E-state index < -0.39 is 0 Å². The van der Waals surface area contributed by atoms with E-state index in [9.17, 15) is 0 Å². The first-order valence-electron chi connectivity index (χ1n) is 7.00. The van der Waals surface area contributed by atoms with E-state index in [4.69, 9.17) is 4.99 Å². The highest BCUT2D eigenvalue weighted by Crippen LogP contribution is 2.40. The lowest BCUT2D eigenvalue weighted by atomic mass is 9.88. The lowest BCUT2D eigenvalue weighted by Gasteiger charge is -2.27. The normalized spacial score (nSPS) is 32.9. The Morgan fingerprint density at radius 1 is 1.35 bits per heavy atom. The van der Waals surface area contributed by atoms with Crippen LogP contribution in [0.1, 0.15) is 59.8 Å². The molecule has 0 aromatic heterocycles. The first-order valence-corrected chi connectivity index (χ1v) is 7.99. The summed E-state index contributed by atoms with van der Waals surface area (Å²) in [6.07, 6.45) is 6.33. The van der Waals surface area contributed by atoms with Gasteiger partial charge in [0.1, 0.15) is 0 Å². The molecule has 1 aliphatic carbocycles. The summed E-state index contributed by atoms with van der Waals surface area (Å²) < 4.78 is 0. The monoisotopic (exact) mass is 254 g/mol. The van der Waals surface area contributed by atoms with Gasteiger partial charge in [0.05, 0.1) is 6.04 Å². The Labute approximate surface area is 110 Å². The quantitative estimate of drug-likeness (QED) is 0.828. The largest absolute Gasteiger partial charge is 0.359 e. The van der Waals surface area contributed by atoms with Crippen LogP contribution in [-0.4, -0.2) is 22.5 Å². The van der Waals surface area contributed by atoms with Crippen molar-refractivity contribution in [1.82, 2.24) is 5.32 Å². The molecule has 2 fully saturated rings. The number of amidine groups is 1. The van der Waals surface area contributed by atoms with Crippen molar-refractivity contribution in [3.63, 3.8) is 0 Å². The fourth-order valence-corrected chi connectivity index (χ4v) is 4.28. The van der Waals surface area contributed by atoms with Crippen LogP contribution in [0.25, 0.3) is 0 Å². The van der Waals surface area contributed by atoms with Crippen molar-refractivity contribution in [3.05, 3.63) is 0 Å². The van der Waals surface area contributed by atoms with E-state index in [1.165, 1.54) is 43.0 Å². The van der Waals surface area contributed by atoms with Gasteiger partial charge >= 0.3 is 0 Å². The van der Waals surface area contributed by atoms with Gasteiger partial charge in [-0.3, -0.25) is 4.99 Å². The number of rotatable bonds is 3. The Bertz CT molecular complexity index is 305. The molecule has 1 saturated carbocycles. The molecule has 2 nitrogen and oxygen atoms in total. The number of thioether (sulfide) groups is 1. The lowest BCUT2D eigenvalue weighted by molar-refractivity contribution is 0.333. The van der Waals surface area contributed by atoms with Crippen LogP contribution in [0.3, 0.4) is 0 Å². The molecule has 3 heteroatoms.